The Kier molecular flexibility index (Phi) is 6.97. The normalized spacial score (nSPS) is 11.6. The molecule has 0 saturated carbocycles. The molecule has 0 heterocycles. The van der Waals surface area contributed by atoms with Crippen LogP contribution in [0.15, 0.2) is 53.4 Å². The first kappa shape index (κ1) is 18.6. The van der Waals surface area contributed by atoms with Gasteiger partial charge in [-0.05, 0) is 37.3 Å². The number of ether oxygens (including phenoxy) is 1. The standard InChI is InChI=1S/C17H15Cl2NO3S/c1-11(17(22)20-13-5-3-2-4-6-13)23-16(21)10-24-15-9-12(18)7-8-14(15)19/h2-9,11H,10H2,1H3,(H,20,22). The number of carbonyl (C=O) groups excluding carboxylic acids is 2. The highest BCUT2D eigenvalue weighted by Crippen LogP contribution is 2.29. The first-order chi connectivity index (χ1) is 11.5. The van der Waals surface area contributed by atoms with Gasteiger partial charge >= 0.3 is 5.97 Å². The number of esters is 1. The molecule has 2 rings (SSSR count). The topological polar surface area (TPSA) is 55.4 Å². The number of para-hydroxylation sites is 1. The van der Waals surface area contributed by atoms with Gasteiger partial charge < -0.3 is 10.1 Å². The highest BCUT2D eigenvalue weighted by Gasteiger charge is 2.18. The zero-order valence-corrected chi connectivity index (χ0v) is 15.1. The van der Waals surface area contributed by atoms with Crippen molar-refractivity contribution >= 4 is 52.5 Å². The van der Waals surface area contributed by atoms with Crippen LogP contribution in [0.4, 0.5) is 5.69 Å². The van der Waals surface area contributed by atoms with Gasteiger partial charge in [0.1, 0.15) is 0 Å². The van der Waals surface area contributed by atoms with Crippen LogP contribution in [-0.2, 0) is 14.3 Å². The molecular formula is C17H15Cl2NO3S. The lowest BCUT2D eigenvalue weighted by molar-refractivity contribution is -0.150. The van der Waals surface area contributed by atoms with Crippen LogP contribution < -0.4 is 5.32 Å². The molecule has 1 atom stereocenters. The smallest absolute Gasteiger partial charge is 0.317 e. The number of carbonyl (C=O) groups is 2. The van der Waals surface area contributed by atoms with E-state index in [1.807, 2.05) is 6.07 Å². The second-order valence-electron chi connectivity index (χ2n) is 4.85. The molecule has 1 N–H and O–H groups in total. The average molecular weight is 384 g/mol. The minimum atomic E-state index is -0.895. The molecule has 0 aliphatic heterocycles. The minimum Gasteiger partial charge on any atom is -0.452 e. The molecule has 1 amide bonds. The summed E-state index contributed by atoms with van der Waals surface area (Å²) in [5.41, 5.74) is 0.644. The van der Waals surface area contributed by atoms with Crippen molar-refractivity contribution in [3.8, 4) is 0 Å². The number of amides is 1. The Balaban J connectivity index is 1.83. The van der Waals surface area contributed by atoms with E-state index < -0.39 is 12.1 Å². The van der Waals surface area contributed by atoms with Crippen molar-refractivity contribution < 1.29 is 14.3 Å². The van der Waals surface area contributed by atoms with Crippen LogP contribution >= 0.6 is 35.0 Å². The molecule has 24 heavy (non-hydrogen) atoms. The van der Waals surface area contributed by atoms with Gasteiger partial charge in [-0.15, -0.1) is 11.8 Å². The number of nitrogens with one attached hydrogen (secondary N) is 1. The number of thioether (sulfide) groups is 1. The maximum absolute atomic E-state index is 12.0. The number of hydrogen-bond donors (Lipinski definition) is 1. The van der Waals surface area contributed by atoms with Crippen LogP contribution in [0, 0.1) is 0 Å². The van der Waals surface area contributed by atoms with E-state index in [1.165, 1.54) is 18.7 Å². The van der Waals surface area contributed by atoms with E-state index in [0.717, 1.165) is 0 Å². The number of anilines is 1. The summed E-state index contributed by atoms with van der Waals surface area (Å²) in [6.45, 7) is 1.52. The second-order valence-corrected chi connectivity index (χ2v) is 6.71. The highest BCUT2D eigenvalue weighted by molar-refractivity contribution is 8.00. The van der Waals surface area contributed by atoms with Gasteiger partial charge in [0.05, 0.1) is 10.8 Å². The van der Waals surface area contributed by atoms with Crippen molar-refractivity contribution in [2.45, 2.75) is 17.9 Å². The lowest BCUT2D eigenvalue weighted by Gasteiger charge is -2.13. The van der Waals surface area contributed by atoms with Gasteiger partial charge in [0.25, 0.3) is 5.91 Å². The zero-order chi connectivity index (χ0) is 17.5. The fourth-order valence-corrected chi connectivity index (χ4v) is 3.05. The van der Waals surface area contributed by atoms with Crippen LogP contribution in [0.5, 0.6) is 0 Å². The molecule has 0 aromatic heterocycles. The lowest BCUT2D eigenvalue weighted by atomic mass is 10.3. The molecule has 0 aliphatic carbocycles. The zero-order valence-electron chi connectivity index (χ0n) is 12.8. The van der Waals surface area contributed by atoms with Gasteiger partial charge in [-0.1, -0.05) is 41.4 Å². The first-order valence-corrected chi connectivity index (χ1v) is 8.83. The largest absolute Gasteiger partial charge is 0.452 e. The Morgan fingerprint density at radius 1 is 1.17 bits per heavy atom. The van der Waals surface area contributed by atoms with E-state index >= 15 is 0 Å². The third-order valence-electron chi connectivity index (χ3n) is 2.96. The van der Waals surface area contributed by atoms with Gasteiger partial charge in [-0.3, -0.25) is 9.59 Å². The number of hydrogen-bond acceptors (Lipinski definition) is 4. The summed E-state index contributed by atoms with van der Waals surface area (Å²) in [5.74, 6) is -0.865. The monoisotopic (exact) mass is 383 g/mol. The van der Waals surface area contributed by atoms with Crippen LogP contribution in [0.1, 0.15) is 6.92 Å². The van der Waals surface area contributed by atoms with Crippen molar-refractivity contribution in [2.24, 2.45) is 0 Å². The van der Waals surface area contributed by atoms with E-state index in [9.17, 15) is 9.59 Å². The Labute approximate surface area is 154 Å². The Morgan fingerprint density at radius 2 is 1.88 bits per heavy atom. The summed E-state index contributed by atoms with van der Waals surface area (Å²) in [4.78, 5) is 24.6. The fourth-order valence-electron chi connectivity index (χ4n) is 1.77. The summed E-state index contributed by atoms with van der Waals surface area (Å²) < 4.78 is 5.13. The maximum atomic E-state index is 12.0. The van der Waals surface area contributed by atoms with Crippen molar-refractivity contribution in [3.63, 3.8) is 0 Å². The molecule has 2 aromatic carbocycles. The summed E-state index contributed by atoms with van der Waals surface area (Å²) in [7, 11) is 0. The minimum absolute atomic E-state index is 0.0308. The predicted octanol–water partition coefficient (Wildman–Crippen LogP) is 4.66. The van der Waals surface area contributed by atoms with Gasteiger partial charge in [-0.25, -0.2) is 0 Å². The highest BCUT2D eigenvalue weighted by atomic mass is 35.5. The van der Waals surface area contributed by atoms with E-state index in [4.69, 9.17) is 27.9 Å². The molecule has 0 spiro atoms. The van der Waals surface area contributed by atoms with Crippen LogP contribution in [0.3, 0.4) is 0 Å². The molecule has 1 unspecified atom stereocenters. The summed E-state index contributed by atoms with van der Waals surface area (Å²) in [6.07, 6.45) is -0.895. The Hall–Kier alpha value is -1.69. The van der Waals surface area contributed by atoms with Crippen LogP contribution in [-0.4, -0.2) is 23.7 Å². The molecular weight excluding hydrogens is 369 g/mol. The molecule has 0 saturated heterocycles. The van der Waals surface area contributed by atoms with Crippen molar-refractivity contribution in [1.82, 2.24) is 0 Å². The van der Waals surface area contributed by atoms with Gasteiger partial charge in [0, 0.05) is 15.6 Å². The van der Waals surface area contributed by atoms with E-state index in [1.54, 1.807) is 42.5 Å². The molecule has 0 bridgehead atoms. The van der Waals surface area contributed by atoms with Crippen molar-refractivity contribution in [3.05, 3.63) is 58.6 Å². The average Bonchev–Trinajstić information content (AvgIpc) is 2.56. The van der Waals surface area contributed by atoms with Gasteiger partial charge in [0.15, 0.2) is 6.10 Å². The molecule has 4 nitrogen and oxygen atoms in total. The molecule has 2 aromatic rings. The Morgan fingerprint density at radius 3 is 2.58 bits per heavy atom. The van der Waals surface area contributed by atoms with Gasteiger partial charge in [-0.2, -0.15) is 0 Å². The third-order valence-corrected chi connectivity index (χ3v) is 4.66. The molecule has 7 heteroatoms. The maximum Gasteiger partial charge on any atom is 0.317 e. The quantitative estimate of drug-likeness (QED) is 0.582. The number of rotatable bonds is 6. The van der Waals surface area contributed by atoms with Crippen molar-refractivity contribution in [1.29, 1.82) is 0 Å². The summed E-state index contributed by atoms with van der Waals surface area (Å²) in [5, 5.41) is 3.72. The molecule has 0 fully saturated rings. The molecule has 126 valence electrons. The summed E-state index contributed by atoms with van der Waals surface area (Å²) in [6, 6.07) is 14.0. The fraction of sp³-hybridized carbons (Fsp3) is 0.176. The predicted molar refractivity (Wildman–Crippen MR) is 97.8 cm³/mol. The number of halogens is 2. The Bertz CT molecular complexity index is 725. The van der Waals surface area contributed by atoms with Crippen LogP contribution in [0.25, 0.3) is 0 Å². The molecule has 0 aliphatic rings. The van der Waals surface area contributed by atoms with E-state index in [2.05, 4.69) is 5.32 Å². The van der Waals surface area contributed by atoms with E-state index in [-0.39, 0.29) is 11.7 Å². The van der Waals surface area contributed by atoms with Crippen molar-refractivity contribution in [2.75, 3.05) is 11.1 Å². The SMILES string of the molecule is CC(OC(=O)CSc1cc(Cl)ccc1Cl)C(=O)Nc1ccccc1. The first-order valence-electron chi connectivity index (χ1n) is 7.09. The third kappa shape index (κ3) is 5.74. The molecule has 0 radical (unpaired) electrons. The van der Waals surface area contributed by atoms with E-state index in [0.29, 0.717) is 20.6 Å². The van der Waals surface area contributed by atoms with Crippen LogP contribution in [0.2, 0.25) is 10.0 Å². The lowest BCUT2D eigenvalue weighted by Crippen LogP contribution is -2.30. The number of benzene rings is 2. The second kappa shape index (κ2) is 8.97. The summed E-state index contributed by atoms with van der Waals surface area (Å²) >= 11 is 13.1. The van der Waals surface area contributed by atoms with Gasteiger partial charge in [0.2, 0.25) is 0 Å².